The van der Waals surface area contributed by atoms with Crippen LogP contribution in [0, 0.1) is 5.92 Å². The van der Waals surface area contributed by atoms with Crippen molar-refractivity contribution in [2.24, 2.45) is 5.92 Å². The number of carbonyl (C=O) groups excluding carboxylic acids is 3. The van der Waals surface area contributed by atoms with Gasteiger partial charge in [0.05, 0.1) is 23.0 Å². The van der Waals surface area contributed by atoms with Crippen molar-refractivity contribution in [3.63, 3.8) is 0 Å². The van der Waals surface area contributed by atoms with Gasteiger partial charge in [-0.2, -0.15) is 19.4 Å². The van der Waals surface area contributed by atoms with Crippen LogP contribution in [0.25, 0.3) is 22.4 Å². The number of nitrogens with one attached hydrogen (secondary N) is 2. The Labute approximate surface area is 301 Å². The Morgan fingerprint density at radius 2 is 1.73 bits per heavy atom. The van der Waals surface area contributed by atoms with E-state index in [1.807, 2.05) is 42.5 Å². The maximum absolute atomic E-state index is 13.5. The number of imide groups is 1. The van der Waals surface area contributed by atoms with Crippen LogP contribution < -0.4 is 20.3 Å². The van der Waals surface area contributed by atoms with Gasteiger partial charge in [0.15, 0.2) is 11.5 Å². The lowest BCUT2D eigenvalue weighted by Crippen LogP contribution is -2.48. The molecule has 2 aliphatic carbocycles. The average Bonchev–Trinajstić information content (AvgIpc) is 3.78. The van der Waals surface area contributed by atoms with E-state index in [-0.39, 0.29) is 35.8 Å². The zero-order chi connectivity index (χ0) is 35.2. The molecule has 13 nitrogen and oxygen atoms in total. The normalized spacial score (nSPS) is 22.8. The summed E-state index contributed by atoms with van der Waals surface area (Å²) in [5.41, 5.74) is 4.23. The van der Waals surface area contributed by atoms with E-state index in [1.54, 1.807) is 21.6 Å². The van der Waals surface area contributed by atoms with Crippen molar-refractivity contribution in [1.82, 2.24) is 39.9 Å². The lowest BCUT2D eigenvalue weighted by Gasteiger charge is -2.39. The average molecular weight is 702 g/mol. The van der Waals surface area contributed by atoms with Gasteiger partial charge in [-0.05, 0) is 98.9 Å². The van der Waals surface area contributed by atoms with E-state index < -0.39 is 0 Å². The Morgan fingerprint density at radius 3 is 2.50 bits per heavy atom. The smallest absolute Gasteiger partial charge is 0.251 e. The summed E-state index contributed by atoms with van der Waals surface area (Å²) < 4.78 is 9.86. The summed E-state index contributed by atoms with van der Waals surface area (Å²) in [6.45, 7) is 5.07. The number of hydrogen-bond donors (Lipinski definition) is 2. The largest absolute Gasteiger partial charge is 0.474 e. The number of benzene rings is 2. The summed E-state index contributed by atoms with van der Waals surface area (Å²) in [6, 6.07) is 17.8. The van der Waals surface area contributed by atoms with Crippen molar-refractivity contribution in [3.05, 3.63) is 78.1 Å². The van der Waals surface area contributed by atoms with Gasteiger partial charge in [0.1, 0.15) is 6.10 Å². The van der Waals surface area contributed by atoms with Crippen molar-refractivity contribution in [2.45, 2.75) is 69.4 Å². The molecule has 1 atom stereocenters. The molecule has 52 heavy (non-hydrogen) atoms. The van der Waals surface area contributed by atoms with Crippen molar-refractivity contribution in [2.75, 3.05) is 37.6 Å². The molecular formula is C39H43N9O4. The quantitative estimate of drug-likeness (QED) is 0.216. The molecule has 5 aromatic rings. The highest BCUT2D eigenvalue weighted by Crippen LogP contribution is 2.35. The zero-order valence-electron chi connectivity index (χ0n) is 29.1. The SMILES string of the molecule is O=C1CCC(c2ccc(N3CCN(CC4CCC(NC(=O)c5ccc6nn(-c7cnc8cccnn78)c(OC7CC7)c6c5)CC4)CC3)cc2)C(=O)N1. The summed E-state index contributed by atoms with van der Waals surface area (Å²) >= 11 is 0. The summed E-state index contributed by atoms with van der Waals surface area (Å²) in [5, 5.41) is 15.9. The van der Waals surface area contributed by atoms with Crippen LogP contribution in [0.2, 0.25) is 0 Å². The highest BCUT2D eigenvalue weighted by atomic mass is 16.5. The number of aromatic nitrogens is 5. The second-order valence-electron chi connectivity index (χ2n) is 14.8. The number of carbonyl (C=O) groups is 3. The van der Waals surface area contributed by atoms with Crippen LogP contribution in [0.4, 0.5) is 5.69 Å². The van der Waals surface area contributed by atoms with Crippen molar-refractivity contribution < 1.29 is 19.1 Å². The minimum Gasteiger partial charge on any atom is -0.474 e. The number of ether oxygens (including phenoxy) is 1. The van der Waals surface area contributed by atoms with Gasteiger partial charge < -0.3 is 15.0 Å². The Bertz CT molecular complexity index is 2120. The van der Waals surface area contributed by atoms with Crippen molar-refractivity contribution >= 4 is 40.0 Å². The number of hydrogen-bond acceptors (Lipinski definition) is 9. The first-order valence-electron chi connectivity index (χ1n) is 18.7. The third kappa shape index (κ3) is 6.60. The molecular weight excluding hydrogens is 658 g/mol. The Kier molecular flexibility index (Phi) is 8.58. The van der Waals surface area contributed by atoms with Crippen LogP contribution in [0.3, 0.4) is 0 Å². The molecule has 2 aromatic carbocycles. The fraction of sp³-hybridized carbons (Fsp3) is 0.436. The number of anilines is 1. The van der Waals surface area contributed by atoms with E-state index in [0.717, 1.165) is 93.4 Å². The minimum absolute atomic E-state index is 0.0618. The number of fused-ring (bicyclic) bond motifs is 2. The predicted molar refractivity (Wildman–Crippen MR) is 195 cm³/mol. The lowest BCUT2D eigenvalue weighted by molar-refractivity contribution is -0.134. The monoisotopic (exact) mass is 701 g/mol. The number of amides is 3. The molecule has 5 heterocycles. The summed E-state index contributed by atoms with van der Waals surface area (Å²) in [4.78, 5) is 46.8. The van der Waals surface area contributed by atoms with Crippen LogP contribution in [0.5, 0.6) is 5.88 Å². The second kappa shape index (κ2) is 13.7. The Balaban J connectivity index is 0.776. The molecule has 0 spiro atoms. The van der Waals surface area contributed by atoms with E-state index in [1.165, 1.54) is 5.69 Å². The molecule has 4 fully saturated rings. The third-order valence-corrected chi connectivity index (χ3v) is 11.1. The molecule has 4 aliphatic rings. The van der Waals surface area contributed by atoms with Gasteiger partial charge in [-0.3, -0.25) is 24.6 Å². The first kappa shape index (κ1) is 32.6. The van der Waals surface area contributed by atoms with E-state index in [0.29, 0.717) is 36.0 Å². The van der Waals surface area contributed by atoms with Crippen molar-refractivity contribution in [3.8, 4) is 11.7 Å². The second-order valence-corrected chi connectivity index (χ2v) is 14.8. The molecule has 2 saturated heterocycles. The van der Waals surface area contributed by atoms with Crippen LogP contribution >= 0.6 is 0 Å². The van der Waals surface area contributed by atoms with Gasteiger partial charge in [-0.15, -0.1) is 0 Å². The minimum atomic E-state index is -0.249. The predicted octanol–water partition coefficient (Wildman–Crippen LogP) is 4.24. The van der Waals surface area contributed by atoms with E-state index >= 15 is 0 Å². The van der Waals surface area contributed by atoms with Gasteiger partial charge >= 0.3 is 0 Å². The molecule has 13 heteroatoms. The topological polar surface area (TPSA) is 139 Å². The standard InChI is InChI=1S/C39H43N9O4/c49-35-16-14-31(38(51)43-35)26-5-10-29(11-6-26)46-20-18-45(19-21-46)24-25-3-8-28(9-4-25)42-37(50)27-7-15-33-32(22-27)39(52-30-12-13-30)48(44-33)36-23-40-34-2-1-17-41-47(34)36/h1-2,5-7,10-11,15,17,22-23,25,28,30-31H,3-4,8-9,12-14,16,18-21,24H2,(H,42,50)(H,43,49,51). The zero-order valence-corrected chi connectivity index (χ0v) is 29.1. The first-order chi connectivity index (χ1) is 25.4. The van der Waals surface area contributed by atoms with Gasteiger partial charge in [0.2, 0.25) is 17.7 Å². The van der Waals surface area contributed by atoms with Gasteiger partial charge in [0, 0.05) is 62.6 Å². The molecule has 0 radical (unpaired) electrons. The van der Waals surface area contributed by atoms with E-state index in [4.69, 9.17) is 9.84 Å². The van der Waals surface area contributed by atoms with Gasteiger partial charge in [-0.1, -0.05) is 12.1 Å². The molecule has 2 saturated carbocycles. The highest BCUT2D eigenvalue weighted by Gasteiger charge is 2.31. The fourth-order valence-electron chi connectivity index (χ4n) is 8.02. The van der Waals surface area contributed by atoms with E-state index in [2.05, 4.69) is 42.6 Å². The molecule has 0 bridgehead atoms. The number of rotatable bonds is 9. The molecule has 3 amide bonds. The number of nitrogens with zero attached hydrogens (tertiary/aromatic N) is 7. The number of piperidine rings is 1. The van der Waals surface area contributed by atoms with Crippen molar-refractivity contribution in [1.29, 1.82) is 0 Å². The summed E-state index contributed by atoms with van der Waals surface area (Å²) in [7, 11) is 0. The van der Waals surface area contributed by atoms with Gasteiger partial charge in [-0.25, -0.2) is 4.98 Å². The molecule has 2 aliphatic heterocycles. The molecule has 1 unspecified atom stereocenters. The molecule has 268 valence electrons. The van der Waals surface area contributed by atoms with E-state index in [9.17, 15) is 14.4 Å². The molecule has 9 rings (SSSR count). The highest BCUT2D eigenvalue weighted by molar-refractivity contribution is 6.01. The van der Waals surface area contributed by atoms with Crippen LogP contribution in [-0.4, -0.2) is 91.9 Å². The van der Waals surface area contributed by atoms with Crippen LogP contribution in [-0.2, 0) is 9.59 Å². The first-order valence-corrected chi connectivity index (χ1v) is 18.7. The summed E-state index contributed by atoms with van der Waals surface area (Å²) in [6.07, 6.45) is 10.7. The lowest BCUT2D eigenvalue weighted by atomic mass is 9.85. The Morgan fingerprint density at radius 1 is 0.923 bits per heavy atom. The maximum atomic E-state index is 13.5. The Hall–Kier alpha value is -5.30. The fourth-order valence-corrected chi connectivity index (χ4v) is 8.02. The third-order valence-electron chi connectivity index (χ3n) is 11.1. The number of imidazole rings is 1. The maximum Gasteiger partial charge on any atom is 0.251 e. The van der Waals surface area contributed by atoms with Crippen LogP contribution in [0.15, 0.2) is 67.0 Å². The van der Waals surface area contributed by atoms with Gasteiger partial charge in [0.25, 0.3) is 5.91 Å². The number of piperazine rings is 1. The molecule has 2 N–H and O–H groups in total. The molecule has 3 aromatic heterocycles. The summed E-state index contributed by atoms with van der Waals surface area (Å²) in [5.74, 6) is 1.25. The van der Waals surface area contributed by atoms with Crippen LogP contribution in [0.1, 0.15) is 73.2 Å².